The van der Waals surface area contributed by atoms with E-state index < -0.39 is 0 Å². The predicted octanol–water partition coefficient (Wildman–Crippen LogP) is 2.47. The molecule has 4 heteroatoms. The highest BCUT2D eigenvalue weighted by atomic mass is 16.5. The number of hydrogen-bond donors (Lipinski definition) is 1. The third-order valence-electron chi connectivity index (χ3n) is 3.61. The van der Waals surface area contributed by atoms with Crippen LogP contribution in [0, 0.1) is 0 Å². The van der Waals surface area contributed by atoms with E-state index in [4.69, 9.17) is 9.72 Å². The minimum atomic E-state index is -0.141. The summed E-state index contributed by atoms with van der Waals surface area (Å²) >= 11 is 0. The van der Waals surface area contributed by atoms with Gasteiger partial charge in [-0.05, 0) is 20.8 Å². The van der Waals surface area contributed by atoms with Gasteiger partial charge in [0.15, 0.2) is 0 Å². The molecule has 1 aliphatic heterocycles. The van der Waals surface area contributed by atoms with Crippen molar-refractivity contribution >= 4 is 0 Å². The SMILES string of the molecule is CCOC(C)(C)Cn1c(C(C)C)nc2c1CCNC2. The Bertz CT molecular complexity index is 435. The highest BCUT2D eigenvalue weighted by Gasteiger charge is 2.26. The lowest BCUT2D eigenvalue weighted by Gasteiger charge is -2.28. The van der Waals surface area contributed by atoms with E-state index in [0.29, 0.717) is 5.92 Å². The second-order valence-corrected chi connectivity index (χ2v) is 6.22. The van der Waals surface area contributed by atoms with Gasteiger partial charge >= 0.3 is 0 Å². The van der Waals surface area contributed by atoms with E-state index in [0.717, 1.165) is 32.7 Å². The third-order valence-corrected chi connectivity index (χ3v) is 3.61. The predicted molar refractivity (Wildman–Crippen MR) is 77.4 cm³/mol. The number of rotatable bonds is 5. The summed E-state index contributed by atoms with van der Waals surface area (Å²) in [5, 5.41) is 3.40. The van der Waals surface area contributed by atoms with E-state index in [9.17, 15) is 0 Å². The summed E-state index contributed by atoms with van der Waals surface area (Å²) in [7, 11) is 0. The van der Waals surface area contributed by atoms with Crippen molar-refractivity contribution in [2.24, 2.45) is 0 Å². The lowest BCUT2D eigenvalue weighted by atomic mass is 10.1. The summed E-state index contributed by atoms with van der Waals surface area (Å²) < 4.78 is 8.26. The maximum Gasteiger partial charge on any atom is 0.111 e. The van der Waals surface area contributed by atoms with Crippen molar-refractivity contribution in [3.8, 4) is 0 Å². The van der Waals surface area contributed by atoms with Gasteiger partial charge in [-0.15, -0.1) is 0 Å². The van der Waals surface area contributed by atoms with Crippen LogP contribution in [0.15, 0.2) is 0 Å². The zero-order valence-electron chi connectivity index (χ0n) is 12.9. The highest BCUT2D eigenvalue weighted by Crippen LogP contribution is 2.25. The van der Waals surface area contributed by atoms with Gasteiger partial charge < -0.3 is 14.6 Å². The topological polar surface area (TPSA) is 39.1 Å². The van der Waals surface area contributed by atoms with Crippen LogP contribution in [0.1, 0.15) is 57.7 Å². The van der Waals surface area contributed by atoms with E-state index in [1.54, 1.807) is 0 Å². The van der Waals surface area contributed by atoms with Crippen LogP contribution < -0.4 is 5.32 Å². The minimum absolute atomic E-state index is 0.141. The summed E-state index contributed by atoms with van der Waals surface area (Å²) in [5.41, 5.74) is 2.48. The number of ether oxygens (including phenoxy) is 1. The number of aromatic nitrogens is 2. The monoisotopic (exact) mass is 265 g/mol. The first-order chi connectivity index (χ1) is 8.94. The van der Waals surface area contributed by atoms with Crippen LogP contribution in [-0.2, 0) is 24.2 Å². The van der Waals surface area contributed by atoms with Gasteiger partial charge in [-0.1, -0.05) is 13.8 Å². The van der Waals surface area contributed by atoms with E-state index in [-0.39, 0.29) is 5.60 Å². The van der Waals surface area contributed by atoms with Gasteiger partial charge in [0.25, 0.3) is 0 Å². The van der Waals surface area contributed by atoms with Gasteiger partial charge in [-0.3, -0.25) is 0 Å². The van der Waals surface area contributed by atoms with Crippen molar-refractivity contribution in [1.82, 2.24) is 14.9 Å². The molecule has 0 aliphatic carbocycles. The molecular weight excluding hydrogens is 238 g/mol. The Morgan fingerprint density at radius 1 is 1.42 bits per heavy atom. The van der Waals surface area contributed by atoms with Crippen molar-refractivity contribution in [3.63, 3.8) is 0 Å². The zero-order chi connectivity index (χ0) is 14.0. The van der Waals surface area contributed by atoms with Gasteiger partial charge in [0.1, 0.15) is 5.82 Å². The smallest absolute Gasteiger partial charge is 0.111 e. The molecule has 0 fully saturated rings. The lowest BCUT2D eigenvalue weighted by Crippen LogP contribution is -2.33. The molecule has 4 nitrogen and oxygen atoms in total. The Hall–Kier alpha value is -0.870. The molecule has 0 unspecified atom stereocenters. The van der Waals surface area contributed by atoms with Crippen LogP contribution in [0.3, 0.4) is 0 Å². The number of imidazole rings is 1. The Kier molecular flexibility index (Phi) is 4.31. The van der Waals surface area contributed by atoms with Gasteiger partial charge in [0.2, 0.25) is 0 Å². The van der Waals surface area contributed by atoms with Crippen LogP contribution in [-0.4, -0.2) is 28.3 Å². The van der Waals surface area contributed by atoms with E-state index in [1.165, 1.54) is 17.2 Å². The minimum Gasteiger partial charge on any atom is -0.374 e. The molecule has 0 amide bonds. The summed E-state index contributed by atoms with van der Waals surface area (Å²) in [5.74, 6) is 1.64. The molecule has 2 rings (SSSR count). The van der Waals surface area contributed by atoms with Gasteiger partial charge in [-0.25, -0.2) is 4.98 Å². The Morgan fingerprint density at radius 2 is 2.16 bits per heavy atom. The fourth-order valence-corrected chi connectivity index (χ4v) is 2.83. The van der Waals surface area contributed by atoms with Crippen LogP contribution in [0.4, 0.5) is 0 Å². The van der Waals surface area contributed by atoms with E-state index in [1.807, 2.05) is 0 Å². The zero-order valence-corrected chi connectivity index (χ0v) is 12.9. The third kappa shape index (κ3) is 3.18. The van der Waals surface area contributed by atoms with Crippen LogP contribution in [0.2, 0.25) is 0 Å². The number of nitrogens with one attached hydrogen (secondary N) is 1. The van der Waals surface area contributed by atoms with Crippen molar-refractivity contribution in [3.05, 3.63) is 17.2 Å². The van der Waals surface area contributed by atoms with Gasteiger partial charge in [-0.2, -0.15) is 0 Å². The molecule has 1 aliphatic rings. The first-order valence-corrected chi connectivity index (χ1v) is 7.37. The molecular formula is C15H27N3O. The van der Waals surface area contributed by atoms with Gasteiger partial charge in [0.05, 0.1) is 17.8 Å². The summed E-state index contributed by atoms with van der Waals surface area (Å²) in [6.45, 7) is 14.4. The Balaban J connectivity index is 2.34. The molecule has 1 aromatic heterocycles. The molecule has 1 aromatic rings. The molecule has 0 saturated heterocycles. The number of nitrogens with zero attached hydrogens (tertiary/aromatic N) is 2. The fraction of sp³-hybridized carbons (Fsp3) is 0.800. The molecule has 0 radical (unpaired) electrons. The lowest BCUT2D eigenvalue weighted by molar-refractivity contribution is -0.0235. The van der Waals surface area contributed by atoms with Crippen molar-refractivity contribution in [2.75, 3.05) is 13.2 Å². The van der Waals surface area contributed by atoms with E-state index in [2.05, 4.69) is 44.5 Å². The van der Waals surface area contributed by atoms with Crippen LogP contribution in [0.25, 0.3) is 0 Å². The Labute approximate surface area is 116 Å². The second-order valence-electron chi connectivity index (χ2n) is 6.22. The van der Waals surface area contributed by atoms with Crippen molar-refractivity contribution in [1.29, 1.82) is 0 Å². The maximum atomic E-state index is 5.86. The maximum absolute atomic E-state index is 5.86. The highest BCUT2D eigenvalue weighted by molar-refractivity contribution is 5.22. The van der Waals surface area contributed by atoms with Crippen LogP contribution >= 0.6 is 0 Å². The summed E-state index contributed by atoms with van der Waals surface area (Å²) in [6.07, 6.45) is 1.07. The molecule has 0 aromatic carbocycles. The van der Waals surface area contributed by atoms with Crippen molar-refractivity contribution in [2.45, 2.75) is 65.6 Å². The average molecular weight is 265 g/mol. The standard InChI is InChI=1S/C15H27N3O/c1-6-19-15(4,5)10-18-13-7-8-16-9-12(13)17-14(18)11(2)3/h11,16H,6-10H2,1-5H3. The first-order valence-electron chi connectivity index (χ1n) is 7.37. The number of hydrogen-bond acceptors (Lipinski definition) is 3. The normalized spacial score (nSPS) is 15.9. The molecule has 0 bridgehead atoms. The first kappa shape index (κ1) is 14.5. The molecule has 1 N–H and O–H groups in total. The summed E-state index contributed by atoms with van der Waals surface area (Å²) in [4.78, 5) is 4.84. The van der Waals surface area contributed by atoms with E-state index >= 15 is 0 Å². The largest absolute Gasteiger partial charge is 0.374 e. The average Bonchev–Trinajstić information content (AvgIpc) is 2.68. The van der Waals surface area contributed by atoms with Crippen molar-refractivity contribution < 1.29 is 4.74 Å². The number of fused-ring (bicyclic) bond motifs is 1. The Morgan fingerprint density at radius 3 is 2.79 bits per heavy atom. The fourth-order valence-electron chi connectivity index (χ4n) is 2.83. The molecule has 0 saturated carbocycles. The molecule has 108 valence electrons. The summed E-state index contributed by atoms with van der Waals surface area (Å²) in [6, 6.07) is 0. The van der Waals surface area contributed by atoms with Gasteiger partial charge in [0, 0.05) is 37.7 Å². The molecule has 19 heavy (non-hydrogen) atoms. The molecule has 0 atom stereocenters. The molecule has 2 heterocycles. The molecule has 0 spiro atoms. The van der Waals surface area contributed by atoms with Crippen LogP contribution in [0.5, 0.6) is 0 Å². The second kappa shape index (κ2) is 5.63. The quantitative estimate of drug-likeness (QED) is 0.889.